The Morgan fingerprint density at radius 3 is 2.00 bits per heavy atom. The first-order valence-electron chi connectivity index (χ1n) is 4.33. The number of alkyl halides is 1. The van der Waals surface area contributed by atoms with E-state index in [0.29, 0.717) is 0 Å². The monoisotopic (exact) mass is 177 g/mol. The van der Waals surface area contributed by atoms with Crippen LogP contribution in [0.2, 0.25) is 0 Å². The van der Waals surface area contributed by atoms with Gasteiger partial charge in [-0.15, -0.1) is 11.6 Å². The van der Waals surface area contributed by atoms with Crippen LogP contribution in [0.15, 0.2) is 0 Å². The van der Waals surface area contributed by atoms with E-state index in [-0.39, 0.29) is 5.54 Å². The van der Waals surface area contributed by atoms with E-state index in [4.69, 9.17) is 11.6 Å². The van der Waals surface area contributed by atoms with Crippen LogP contribution in [0.5, 0.6) is 0 Å². The molecule has 0 fully saturated rings. The molecule has 0 spiro atoms. The van der Waals surface area contributed by atoms with Gasteiger partial charge in [0.25, 0.3) is 0 Å². The zero-order chi connectivity index (χ0) is 8.91. The summed E-state index contributed by atoms with van der Waals surface area (Å²) in [5.41, 5.74) is 0.269. The molecule has 0 amide bonds. The Balaban J connectivity index is 3.88. The van der Waals surface area contributed by atoms with Crippen molar-refractivity contribution in [1.82, 2.24) is 4.90 Å². The molecule has 2 heteroatoms. The maximum atomic E-state index is 5.70. The summed E-state index contributed by atoms with van der Waals surface area (Å²) in [5.74, 6) is 0.733. The minimum atomic E-state index is 0.269. The summed E-state index contributed by atoms with van der Waals surface area (Å²) in [5, 5.41) is 0. The Bertz CT molecular complexity index is 90.2. The summed E-state index contributed by atoms with van der Waals surface area (Å²) in [6.07, 6.45) is 1.20. The lowest BCUT2D eigenvalue weighted by Crippen LogP contribution is -2.42. The average Bonchev–Trinajstić information content (AvgIpc) is 1.85. The van der Waals surface area contributed by atoms with E-state index < -0.39 is 0 Å². The zero-order valence-corrected chi connectivity index (χ0v) is 8.91. The van der Waals surface area contributed by atoms with Crippen molar-refractivity contribution in [3.8, 4) is 0 Å². The van der Waals surface area contributed by atoms with Gasteiger partial charge in [0, 0.05) is 18.0 Å². The van der Waals surface area contributed by atoms with Crippen molar-refractivity contribution < 1.29 is 0 Å². The highest BCUT2D eigenvalue weighted by Gasteiger charge is 2.18. The topological polar surface area (TPSA) is 3.24 Å². The van der Waals surface area contributed by atoms with Crippen molar-refractivity contribution >= 4 is 11.6 Å². The van der Waals surface area contributed by atoms with E-state index in [2.05, 4.69) is 32.6 Å². The fourth-order valence-electron chi connectivity index (χ4n) is 1.15. The molecular formula is C9H20ClN. The summed E-state index contributed by atoms with van der Waals surface area (Å²) in [7, 11) is 0. The lowest BCUT2D eigenvalue weighted by molar-refractivity contribution is 0.146. The first-order chi connectivity index (χ1) is 5.02. The fraction of sp³-hybridized carbons (Fsp3) is 1.00. The average molecular weight is 178 g/mol. The molecule has 0 aromatic heterocycles. The van der Waals surface area contributed by atoms with E-state index in [9.17, 15) is 0 Å². The molecule has 11 heavy (non-hydrogen) atoms. The molecule has 0 bridgehead atoms. The second-order valence-corrected chi connectivity index (χ2v) is 4.22. The molecule has 0 atom stereocenters. The van der Waals surface area contributed by atoms with Gasteiger partial charge >= 0.3 is 0 Å². The van der Waals surface area contributed by atoms with Crippen LogP contribution in [-0.2, 0) is 0 Å². The third kappa shape index (κ3) is 4.65. The van der Waals surface area contributed by atoms with Gasteiger partial charge in [0.05, 0.1) is 0 Å². The summed E-state index contributed by atoms with van der Waals surface area (Å²) in [6, 6.07) is 0. The van der Waals surface area contributed by atoms with Crippen LogP contribution >= 0.6 is 11.6 Å². The smallest absolute Gasteiger partial charge is 0.0351 e. The lowest BCUT2D eigenvalue weighted by atomic mass is 10.1. The zero-order valence-electron chi connectivity index (χ0n) is 8.15. The first kappa shape index (κ1) is 11.2. The van der Waals surface area contributed by atoms with Crippen LogP contribution in [-0.4, -0.2) is 29.4 Å². The van der Waals surface area contributed by atoms with Crippen LogP contribution < -0.4 is 0 Å². The predicted octanol–water partition coefficient (Wildman–Crippen LogP) is 2.74. The Hall–Kier alpha value is 0.250. The highest BCUT2D eigenvalue weighted by molar-refractivity contribution is 6.18. The minimum Gasteiger partial charge on any atom is -0.297 e. The largest absolute Gasteiger partial charge is 0.297 e. The molecule has 0 aliphatic rings. The van der Waals surface area contributed by atoms with Gasteiger partial charge in [0.2, 0.25) is 0 Å². The third-order valence-corrected chi connectivity index (χ3v) is 1.97. The number of hydrogen-bond donors (Lipinski definition) is 0. The Morgan fingerprint density at radius 2 is 1.73 bits per heavy atom. The molecule has 0 saturated heterocycles. The van der Waals surface area contributed by atoms with Gasteiger partial charge in [-0.25, -0.2) is 0 Å². The molecule has 0 aliphatic carbocycles. The van der Waals surface area contributed by atoms with Crippen molar-refractivity contribution in [2.75, 3.05) is 19.0 Å². The summed E-state index contributed by atoms with van der Waals surface area (Å²) in [6.45, 7) is 11.0. The lowest BCUT2D eigenvalue weighted by Gasteiger charge is -2.34. The Labute approximate surface area is 75.7 Å². The highest BCUT2D eigenvalue weighted by atomic mass is 35.5. The van der Waals surface area contributed by atoms with E-state index in [1.54, 1.807) is 0 Å². The van der Waals surface area contributed by atoms with Crippen LogP contribution in [0.1, 0.15) is 34.1 Å². The quantitative estimate of drug-likeness (QED) is 0.597. The fourth-order valence-corrected chi connectivity index (χ4v) is 1.36. The number of halogens is 1. The minimum absolute atomic E-state index is 0.269. The van der Waals surface area contributed by atoms with Crippen LogP contribution in [0.25, 0.3) is 0 Å². The summed E-state index contributed by atoms with van der Waals surface area (Å²) < 4.78 is 0. The second-order valence-electron chi connectivity index (χ2n) is 3.85. The van der Waals surface area contributed by atoms with Gasteiger partial charge in [-0.3, -0.25) is 4.90 Å². The Kier molecular flexibility index (Phi) is 5.11. The standard InChI is InChI=1S/C9H20ClN/c1-5-7-11(8-6-10)9(2,3)4/h5-8H2,1-4H3. The molecule has 0 radical (unpaired) electrons. The normalized spacial score (nSPS) is 12.5. The SMILES string of the molecule is CCCN(CCCl)C(C)(C)C. The molecule has 0 N–H and O–H groups in total. The number of hydrogen-bond acceptors (Lipinski definition) is 1. The molecule has 0 heterocycles. The van der Waals surface area contributed by atoms with Crippen molar-refractivity contribution in [1.29, 1.82) is 0 Å². The van der Waals surface area contributed by atoms with Crippen molar-refractivity contribution in [2.24, 2.45) is 0 Å². The van der Waals surface area contributed by atoms with Gasteiger partial charge in [-0.05, 0) is 33.7 Å². The van der Waals surface area contributed by atoms with E-state index in [1.165, 1.54) is 6.42 Å². The molecule has 0 aromatic carbocycles. The van der Waals surface area contributed by atoms with Gasteiger partial charge in [0.1, 0.15) is 0 Å². The van der Waals surface area contributed by atoms with Crippen molar-refractivity contribution in [3.63, 3.8) is 0 Å². The molecule has 0 unspecified atom stereocenters. The van der Waals surface area contributed by atoms with Crippen LogP contribution in [0, 0.1) is 0 Å². The number of rotatable bonds is 4. The van der Waals surface area contributed by atoms with Crippen LogP contribution in [0.3, 0.4) is 0 Å². The maximum Gasteiger partial charge on any atom is 0.0351 e. The summed E-state index contributed by atoms with van der Waals surface area (Å²) >= 11 is 5.70. The van der Waals surface area contributed by atoms with Gasteiger partial charge in [-0.1, -0.05) is 6.92 Å². The molecule has 0 aliphatic heterocycles. The second kappa shape index (κ2) is 5.00. The Morgan fingerprint density at radius 1 is 1.18 bits per heavy atom. The molecular weight excluding hydrogens is 158 g/mol. The predicted molar refractivity (Wildman–Crippen MR) is 52.3 cm³/mol. The molecule has 0 rings (SSSR count). The molecule has 68 valence electrons. The first-order valence-corrected chi connectivity index (χ1v) is 4.86. The molecule has 0 aromatic rings. The maximum absolute atomic E-state index is 5.70. The van der Waals surface area contributed by atoms with Gasteiger partial charge in [-0.2, -0.15) is 0 Å². The highest BCUT2D eigenvalue weighted by Crippen LogP contribution is 2.12. The van der Waals surface area contributed by atoms with Crippen LogP contribution in [0.4, 0.5) is 0 Å². The van der Waals surface area contributed by atoms with Crippen molar-refractivity contribution in [3.05, 3.63) is 0 Å². The van der Waals surface area contributed by atoms with Gasteiger partial charge < -0.3 is 0 Å². The van der Waals surface area contributed by atoms with Gasteiger partial charge in [0.15, 0.2) is 0 Å². The van der Waals surface area contributed by atoms with E-state index in [1.807, 2.05) is 0 Å². The van der Waals surface area contributed by atoms with E-state index >= 15 is 0 Å². The van der Waals surface area contributed by atoms with Crippen molar-refractivity contribution in [2.45, 2.75) is 39.7 Å². The summed E-state index contributed by atoms with van der Waals surface area (Å²) in [4.78, 5) is 2.42. The molecule has 0 saturated carbocycles. The third-order valence-electron chi connectivity index (χ3n) is 1.80. The van der Waals surface area contributed by atoms with E-state index in [0.717, 1.165) is 19.0 Å². The number of nitrogens with zero attached hydrogens (tertiary/aromatic N) is 1. The molecule has 1 nitrogen and oxygen atoms in total.